The highest BCUT2D eigenvalue weighted by Crippen LogP contribution is 2.33. The Hall–Kier alpha value is -0.990. The Labute approximate surface area is 161 Å². The minimum atomic E-state index is -0.200. The van der Waals surface area contributed by atoms with E-state index in [9.17, 15) is 4.79 Å². The molecular formula is C18H33N5O2S. The summed E-state index contributed by atoms with van der Waals surface area (Å²) in [5.41, 5.74) is 5.60. The van der Waals surface area contributed by atoms with E-state index in [4.69, 9.17) is 10.5 Å². The summed E-state index contributed by atoms with van der Waals surface area (Å²) in [5, 5.41) is 3.66. The minimum Gasteiger partial charge on any atom is -0.379 e. The predicted molar refractivity (Wildman–Crippen MR) is 107 cm³/mol. The summed E-state index contributed by atoms with van der Waals surface area (Å²) in [6, 6.07) is 0. The van der Waals surface area contributed by atoms with Gasteiger partial charge in [0.25, 0.3) is 0 Å². The van der Waals surface area contributed by atoms with Crippen LogP contribution in [0.1, 0.15) is 25.7 Å². The summed E-state index contributed by atoms with van der Waals surface area (Å²) in [4.78, 5) is 20.7. The highest BCUT2D eigenvalue weighted by Gasteiger charge is 2.41. The molecule has 3 saturated heterocycles. The molecule has 0 saturated carbocycles. The zero-order valence-electron chi connectivity index (χ0n) is 15.9. The van der Waals surface area contributed by atoms with E-state index in [2.05, 4.69) is 20.1 Å². The van der Waals surface area contributed by atoms with Gasteiger partial charge in [-0.2, -0.15) is 11.8 Å². The predicted octanol–water partition coefficient (Wildman–Crippen LogP) is 0.357. The van der Waals surface area contributed by atoms with Crippen molar-refractivity contribution in [2.24, 2.45) is 16.6 Å². The van der Waals surface area contributed by atoms with Crippen LogP contribution in [-0.4, -0.2) is 91.7 Å². The number of likely N-dealkylation sites (tertiary alicyclic amines) is 1. The van der Waals surface area contributed by atoms with Gasteiger partial charge in [0.2, 0.25) is 5.91 Å². The van der Waals surface area contributed by atoms with Gasteiger partial charge in [0, 0.05) is 57.5 Å². The number of primary amides is 1. The van der Waals surface area contributed by atoms with Crippen molar-refractivity contribution >= 4 is 23.6 Å². The van der Waals surface area contributed by atoms with E-state index in [1.165, 1.54) is 17.9 Å². The molecule has 0 aromatic heterocycles. The molecule has 3 rings (SSSR count). The molecular weight excluding hydrogens is 350 g/mol. The molecule has 3 aliphatic rings. The first-order chi connectivity index (χ1) is 12.6. The van der Waals surface area contributed by atoms with E-state index in [1.54, 1.807) is 0 Å². The molecule has 3 N–H and O–H groups in total. The summed E-state index contributed by atoms with van der Waals surface area (Å²) >= 11 is 2.05. The zero-order chi connectivity index (χ0) is 18.4. The molecule has 0 aromatic rings. The topological polar surface area (TPSA) is 83.2 Å². The first-order valence-corrected chi connectivity index (χ1v) is 10.9. The van der Waals surface area contributed by atoms with Crippen molar-refractivity contribution in [3.05, 3.63) is 0 Å². The average molecular weight is 384 g/mol. The zero-order valence-corrected chi connectivity index (χ0v) is 16.7. The second kappa shape index (κ2) is 9.28. The number of carbonyl (C=O) groups is 1. The van der Waals surface area contributed by atoms with Gasteiger partial charge in [-0.1, -0.05) is 0 Å². The maximum Gasteiger partial charge on any atom is 0.217 e. The van der Waals surface area contributed by atoms with Crippen molar-refractivity contribution in [2.75, 3.05) is 64.5 Å². The molecule has 7 nitrogen and oxygen atoms in total. The molecule has 1 amide bonds. The average Bonchev–Trinajstić information content (AvgIpc) is 3.13. The Morgan fingerprint density at radius 3 is 2.85 bits per heavy atom. The number of hydrogen-bond donors (Lipinski definition) is 2. The fourth-order valence-corrected chi connectivity index (χ4v) is 5.90. The molecule has 2 atom stereocenters. The largest absolute Gasteiger partial charge is 0.379 e. The molecule has 2 unspecified atom stereocenters. The van der Waals surface area contributed by atoms with E-state index < -0.39 is 0 Å². The molecule has 3 fully saturated rings. The summed E-state index contributed by atoms with van der Waals surface area (Å²) in [7, 11) is 1.85. The number of thioether (sulfide) groups is 1. The van der Waals surface area contributed by atoms with Crippen LogP contribution in [0.25, 0.3) is 0 Å². The van der Waals surface area contributed by atoms with E-state index in [0.717, 1.165) is 64.7 Å². The van der Waals surface area contributed by atoms with E-state index >= 15 is 0 Å². The number of hydrogen-bond acceptors (Lipinski definition) is 5. The third-order valence-corrected chi connectivity index (χ3v) is 7.09. The lowest BCUT2D eigenvalue weighted by Gasteiger charge is -2.44. The maximum atomic E-state index is 11.3. The normalized spacial score (nSPS) is 31.2. The van der Waals surface area contributed by atoms with Crippen LogP contribution in [0.15, 0.2) is 4.99 Å². The van der Waals surface area contributed by atoms with Crippen LogP contribution in [0.4, 0.5) is 0 Å². The van der Waals surface area contributed by atoms with Gasteiger partial charge in [-0.25, -0.2) is 0 Å². The number of guanidine groups is 1. The van der Waals surface area contributed by atoms with Gasteiger partial charge in [0.15, 0.2) is 5.96 Å². The van der Waals surface area contributed by atoms with Crippen LogP contribution in [0.2, 0.25) is 0 Å². The number of ether oxygens (including phenoxy) is 1. The second-order valence-electron chi connectivity index (χ2n) is 7.65. The number of nitrogens with zero attached hydrogens (tertiary/aromatic N) is 3. The number of morpholine rings is 1. The van der Waals surface area contributed by atoms with Crippen LogP contribution in [0.5, 0.6) is 0 Å². The number of rotatable bonds is 5. The molecule has 0 aliphatic carbocycles. The summed E-state index contributed by atoms with van der Waals surface area (Å²) < 4.78 is 5.55. The Morgan fingerprint density at radius 2 is 2.19 bits per heavy atom. The maximum absolute atomic E-state index is 11.3. The molecule has 3 heterocycles. The fraction of sp³-hybridized carbons (Fsp3) is 0.889. The van der Waals surface area contributed by atoms with Crippen molar-refractivity contribution in [1.82, 2.24) is 15.1 Å². The van der Waals surface area contributed by atoms with Crippen LogP contribution in [0.3, 0.4) is 0 Å². The number of piperidine rings is 1. The van der Waals surface area contributed by atoms with Crippen molar-refractivity contribution in [3.8, 4) is 0 Å². The quantitative estimate of drug-likeness (QED) is 0.527. The monoisotopic (exact) mass is 383 g/mol. The smallest absolute Gasteiger partial charge is 0.217 e. The standard InChI is InChI=1S/C18H33N5O2S/c1-20-17(22-5-2-3-15(12-22)11-16(19)24)21-13-18(4-10-26-14-18)23-6-8-25-9-7-23/h15H,2-14H2,1H3,(H2,19,24)(H,20,21). The second-order valence-corrected chi connectivity index (χ2v) is 8.76. The third kappa shape index (κ3) is 4.84. The number of nitrogens with one attached hydrogen (secondary N) is 1. The minimum absolute atomic E-state index is 0.200. The Bertz CT molecular complexity index is 504. The van der Waals surface area contributed by atoms with Gasteiger partial charge >= 0.3 is 0 Å². The summed E-state index contributed by atoms with van der Waals surface area (Å²) in [6.45, 7) is 6.49. The Balaban J connectivity index is 1.59. The number of nitrogens with two attached hydrogens (primary N) is 1. The van der Waals surface area contributed by atoms with E-state index in [0.29, 0.717) is 12.3 Å². The molecule has 0 radical (unpaired) electrons. The van der Waals surface area contributed by atoms with Gasteiger partial charge in [-0.05, 0) is 30.9 Å². The highest BCUT2D eigenvalue weighted by atomic mass is 32.2. The molecule has 26 heavy (non-hydrogen) atoms. The molecule has 3 aliphatic heterocycles. The fourth-order valence-electron chi connectivity index (χ4n) is 4.42. The van der Waals surface area contributed by atoms with Crippen molar-refractivity contribution in [1.29, 1.82) is 0 Å². The van der Waals surface area contributed by atoms with Gasteiger partial charge in [-0.3, -0.25) is 14.7 Å². The van der Waals surface area contributed by atoms with E-state index in [-0.39, 0.29) is 11.4 Å². The van der Waals surface area contributed by atoms with Gasteiger partial charge in [0.05, 0.1) is 13.2 Å². The van der Waals surface area contributed by atoms with Crippen molar-refractivity contribution in [2.45, 2.75) is 31.2 Å². The van der Waals surface area contributed by atoms with Crippen molar-refractivity contribution in [3.63, 3.8) is 0 Å². The van der Waals surface area contributed by atoms with Crippen LogP contribution in [-0.2, 0) is 9.53 Å². The third-order valence-electron chi connectivity index (χ3n) is 5.86. The van der Waals surface area contributed by atoms with E-state index in [1.807, 2.05) is 18.8 Å². The SMILES string of the molecule is CN=C(NCC1(N2CCOCC2)CCSC1)N1CCCC(CC(N)=O)C1. The Morgan fingerprint density at radius 1 is 1.38 bits per heavy atom. The lowest BCUT2D eigenvalue weighted by Crippen LogP contribution is -2.60. The molecule has 8 heteroatoms. The highest BCUT2D eigenvalue weighted by molar-refractivity contribution is 7.99. The lowest BCUT2D eigenvalue weighted by molar-refractivity contribution is -0.119. The van der Waals surface area contributed by atoms with Crippen LogP contribution < -0.4 is 11.1 Å². The van der Waals surface area contributed by atoms with Gasteiger partial charge in [-0.15, -0.1) is 0 Å². The number of aliphatic imine (C=N–C) groups is 1. The molecule has 0 spiro atoms. The van der Waals surface area contributed by atoms with Crippen LogP contribution in [0, 0.1) is 5.92 Å². The molecule has 148 valence electrons. The molecule has 0 bridgehead atoms. The first kappa shape index (κ1) is 19.8. The first-order valence-electron chi connectivity index (χ1n) is 9.77. The van der Waals surface area contributed by atoms with Gasteiger partial charge in [0.1, 0.15) is 0 Å². The lowest BCUT2D eigenvalue weighted by atomic mass is 9.94. The number of carbonyl (C=O) groups excluding carboxylic acids is 1. The van der Waals surface area contributed by atoms with Crippen LogP contribution >= 0.6 is 11.8 Å². The Kier molecular flexibility index (Phi) is 7.05. The van der Waals surface area contributed by atoms with Crippen molar-refractivity contribution < 1.29 is 9.53 Å². The molecule has 0 aromatic carbocycles. The van der Waals surface area contributed by atoms with Gasteiger partial charge < -0.3 is 20.7 Å². The number of amides is 1. The summed E-state index contributed by atoms with van der Waals surface area (Å²) in [6.07, 6.45) is 3.85. The summed E-state index contributed by atoms with van der Waals surface area (Å²) in [5.74, 6) is 3.50.